The molecule has 1 aromatic rings. The standard InChI is InChI=1S/C15H22FNO/c1-10(2)9-17(12-7-8-12)14-6-4-5-13(16)15(14)11(3)18/h4-6,10-12,18H,7-9H2,1-3H3/t11-/m1/s1. The summed E-state index contributed by atoms with van der Waals surface area (Å²) in [6.45, 7) is 6.86. The molecule has 0 saturated heterocycles. The highest BCUT2D eigenvalue weighted by atomic mass is 19.1. The van der Waals surface area contributed by atoms with E-state index in [4.69, 9.17) is 0 Å². The Morgan fingerprint density at radius 3 is 2.50 bits per heavy atom. The molecule has 0 aliphatic heterocycles. The Hall–Kier alpha value is -1.09. The van der Waals surface area contributed by atoms with Crippen LogP contribution in [-0.4, -0.2) is 17.7 Å². The maximum Gasteiger partial charge on any atom is 0.131 e. The van der Waals surface area contributed by atoms with Crippen molar-refractivity contribution in [1.29, 1.82) is 0 Å². The van der Waals surface area contributed by atoms with Crippen molar-refractivity contribution < 1.29 is 9.50 Å². The average molecular weight is 251 g/mol. The van der Waals surface area contributed by atoms with Gasteiger partial charge in [-0.05, 0) is 37.8 Å². The molecule has 0 unspecified atom stereocenters. The summed E-state index contributed by atoms with van der Waals surface area (Å²) >= 11 is 0. The molecule has 1 N–H and O–H groups in total. The molecule has 0 aromatic heterocycles. The van der Waals surface area contributed by atoms with Crippen molar-refractivity contribution >= 4 is 5.69 Å². The lowest BCUT2D eigenvalue weighted by Gasteiger charge is -2.29. The number of aliphatic hydroxyl groups excluding tert-OH is 1. The monoisotopic (exact) mass is 251 g/mol. The van der Waals surface area contributed by atoms with Gasteiger partial charge in [0.2, 0.25) is 0 Å². The molecule has 1 saturated carbocycles. The van der Waals surface area contributed by atoms with Crippen LogP contribution in [-0.2, 0) is 0 Å². The van der Waals surface area contributed by atoms with Gasteiger partial charge in [0.25, 0.3) is 0 Å². The summed E-state index contributed by atoms with van der Waals surface area (Å²) in [6.07, 6.45) is 1.57. The number of benzene rings is 1. The first-order valence-corrected chi connectivity index (χ1v) is 6.73. The van der Waals surface area contributed by atoms with Gasteiger partial charge in [-0.15, -0.1) is 0 Å². The van der Waals surface area contributed by atoms with Gasteiger partial charge < -0.3 is 10.0 Å². The fraction of sp³-hybridized carbons (Fsp3) is 0.600. The molecule has 1 aliphatic rings. The molecule has 1 atom stereocenters. The molecule has 2 nitrogen and oxygen atoms in total. The van der Waals surface area contributed by atoms with E-state index in [2.05, 4.69) is 18.7 Å². The quantitative estimate of drug-likeness (QED) is 0.865. The lowest BCUT2D eigenvalue weighted by molar-refractivity contribution is 0.194. The van der Waals surface area contributed by atoms with Gasteiger partial charge in [0.05, 0.1) is 6.10 Å². The summed E-state index contributed by atoms with van der Waals surface area (Å²) < 4.78 is 13.9. The molecule has 100 valence electrons. The fourth-order valence-corrected chi connectivity index (χ4v) is 2.41. The molecular weight excluding hydrogens is 229 g/mol. The minimum absolute atomic E-state index is 0.308. The fourth-order valence-electron chi connectivity index (χ4n) is 2.41. The molecule has 0 heterocycles. The molecule has 0 radical (unpaired) electrons. The second-order valence-corrected chi connectivity index (χ2v) is 5.63. The third kappa shape index (κ3) is 2.83. The summed E-state index contributed by atoms with van der Waals surface area (Å²) in [5.74, 6) is 0.215. The van der Waals surface area contributed by atoms with Crippen LogP contribution in [0, 0.1) is 11.7 Å². The molecule has 1 aliphatic carbocycles. The summed E-state index contributed by atoms with van der Waals surface area (Å²) in [5, 5.41) is 9.80. The van der Waals surface area contributed by atoms with Crippen LogP contribution in [0.2, 0.25) is 0 Å². The Kier molecular flexibility index (Phi) is 3.91. The number of anilines is 1. The van der Waals surface area contributed by atoms with Crippen LogP contribution in [0.15, 0.2) is 18.2 Å². The van der Waals surface area contributed by atoms with Gasteiger partial charge in [0, 0.05) is 23.8 Å². The molecule has 2 rings (SSSR count). The smallest absolute Gasteiger partial charge is 0.131 e. The average Bonchev–Trinajstić information content (AvgIpc) is 3.08. The minimum Gasteiger partial charge on any atom is -0.389 e. The zero-order valence-electron chi connectivity index (χ0n) is 11.4. The third-order valence-corrected chi connectivity index (χ3v) is 3.31. The zero-order valence-corrected chi connectivity index (χ0v) is 11.4. The van der Waals surface area contributed by atoms with Crippen molar-refractivity contribution in [3.63, 3.8) is 0 Å². The van der Waals surface area contributed by atoms with Crippen LogP contribution >= 0.6 is 0 Å². The Bertz CT molecular complexity index is 413. The van der Waals surface area contributed by atoms with Crippen LogP contribution in [0.5, 0.6) is 0 Å². The first-order chi connectivity index (χ1) is 8.50. The normalized spacial score (nSPS) is 17.0. The highest BCUT2D eigenvalue weighted by Gasteiger charge is 2.32. The molecular formula is C15H22FNO. The van der Waals surface area contributed by atoms with E-state index in [1.54, 1.807) is 13.0 Å². The van der Waals surface area contributed by atoms with Gasteiger partial charge >= 0.3 is 0 Å². The SMILES string of the molecule is CC(C)CN(c1cccc(F)c1[C@@H](C)O)C1CC1. The highest BCUT2D eigenvalue weighted by molar-refractivity contribution is 5.56. The largest absolute Gasteiger partial charge is 0.389 e. The maximum atomic E-state index is 13.9. The zero-order chi connectivity index (χ0) is 13.3. The van der Waals surface area contributed by atoms with E-state index in [-0.39, 0.29) is 5.82 Å². The number of aliphatic hydroxyl groups is 1. The van der Waals surface area contributed by atoms with E-state index in [1.165, 1.54) is 18.9 Å². The van der Waals surface area contributed by atoms with Crippen molar-refractivity contribution in [2.45, 2.75) is 45.8 Å². The lowest BCUT2D eigenvalue weighted by Crippen LogP contribution is -2.31. The van der Waals surface area contributed by atoms with Gasteiger partial charge in [-0.1, -0.05) is 19.9 Å². The summed E-state index contributed by atoms with van der Waals surface area (Å²) in [6, 6.07) is 5.59. The Balaban J connectivity index is 2.37. The maximum absolute atomic E-state index is 13.9. The van der Waals surface area contributed by atoms with Gasteiger partial charge in [0.1, 0.15) is 5.82 Å². The first kappa shape index (κ1) is 13.3. The van der Waals surface area contributed by atoms with Crippen molar-refractivity contribution in [2.75, 3.05) is 11.4 Å². The second-order valence-electron chi connectivity index (χ2n) is 5.63. The summed E-state index contributed by atoms with van der Waals surface area (Å²) in [4.78, 5) is 2.26. The number of nitrogens with zero attached hydrogens (tertiary/aromatic N) is 1. The van der Waals surface area contributed by atoms with Gasteiger partial charge in [-0.25, -0.2) is 4.39 Å². The Morgan fingerprint density at radius 1 is 1.33 bits per heavy atom. The third-order valence-electron chi connectivity index (χ3n) is 3.31. The first-order valence-electron chi connectivity index (χ1n) is 6.73. The van der Waals surface area contributed by atoms with E-state index in [0.717, 1.165) is 12.2 Å². The Morgan fingerprint density at radius 2 is 2.00 bits per heavy atom. The van der Waals surface area contributed by atoms with Crippen LogP contribution < -0.4 is 4.90 Å². The number of halogens is 1. The van der Waals surface area contributed by atoms with Crippen LogP contribution in [0.25, 0.3) is 0 Å². The second kappa shape index (κ2) is 5.27. The van der Waals surface area contributed by atoms with Crippen LogP contribution in [0.1, 0.15) is 45.3 Å². The van der Waals surface area contributed by atoms with E-state index in [1.807, 2.05) is 6.07 Å². The van der Waals surface area contributed by atoms with E-state index < -0.39 is 6.10 Å². The predicted octanol–water partition coefficient (Wildman–Crippen LogP) is 3.50. The number of rotatable bonds is 5. The van der Waals surface area contributed by atoms with Crippen LogP contribution in [0.3, 0.4) is 0 Å². The van der Waals surface area contributed by atoms with Crippen molar-refractivity contribution in [1.82, 2.24) is 0 Å². The predicted molar refractivity (Wildman–Crippen MR) is 72.2 cm³/mol. The van der Waals surface area contributed by atoms with Crippen molar-refractivity contribution in [2.24, 2.45) is 5.92 Å². The van der Waals surface area contributed by atoms with E-state index >= 15 is 0 Å². The van der Waals surface area contributed by atoms with Crippen molar-refractivity contribution in [3.05, 3.63) is 29.6 Å². The lowest BCUT2D eigenvalue weighted by atomic mass is 10.0. The number of hydrogen-bond acceptors (Lipinski definition) is 2. The highest BCUT2D eigenvalue weighted by Crippen LogP contribution is 2.37. The number of hydrogen-bond donors (Lipinski definition) is 1. The molecule has 0 spiro atoms. The van der Waals surface area contributed by atoms with E-state index in [0.29, 0.717) is 17.5 Å². The van der Waals surface area contributed by atoms with Crippen molar-refractivity contribution in [3.8, 4) is 0 Å². The van der Waals surface area contributed by atoms with Gasteiger partial charge in [-0.3, -0.25) is 0 Å². The Labute approximate surface area is 108 Å². The molecule has 0 bridgehead atoms. The van der Waals surface area contributed by atoms with E-state index in [9.17, 15) is 9.50 Å². The van der Waals surface area contributed by atoms with Gasteiger partial charge in [0.15, 0.2) is 0 Å². The molecule has 1 aromatic carbocycles. The van der Waals surface area contributed by atoms with Crippen LogP contribution in [0.4, 0.5) is 10.1 Å². The minimum atomic E-state index is -0.769. The summed E-state index contributed by atoms with van der Waals surface area (Å²) in [7, 11) is 0. The molecule has 18 heavy (non-hydrogen) atoms. The van der Waals surface area contributed by atoms with Gasteiger partial charge in [-0.2, -0.15) is 0 Å². The molecule has 0 amide bonds. The summed E-state index contributed by atoms with van der Waals surface area (Å²) in [5.41, 5.74) is 1.30. The topological polar surface area (TPSA) is 23.5 Å². The molecule has 3 heteroatoms. The molecule has 1 fully saturated rings.